The molecule has 0 radical (unpaired) electrons. The highest BCUT2D eigenvalue weighted by molar-refractivity contribution is 5.99. The molecule has 1 saturated heterocycles. The highest BCUT2D eigenvalue weighted by Crippen LogP contribution is 2.24. The lowest BCUT2D eigenvalue weighted by Crippen LogP contribution is -2.39. The van der Waals surface area contributed by atoms with E-state index in [4.69, 9.17) is 4.74 Å². The van der Waals surface area contributed by atoms with Crippen molar-refractivity contribution >= 4 is 11.6 Å². The first kappa shape index (κ1) is 16.5. The van der Waals surface area contributed by atoms with E-state index in [0.717, 1.165) is 30.9 Å². The summed E-state index contributed by atoms with van der Waals surface area (Å²) in [7, 11) is 3.87. The zero-order chi connectivity index (χ0) is 17.1. The monoisotopic (exact) mass is 328 g/mol. The number of carbonyl (C=O) groups is 1. The second kappa shape index (κ2) is 7.05. The third-order valence-electron chi connectivity index (χ3n) is 4.38. The van der Waals surface area contributed by atoms with E-state index in [1.165, 1.54) is 5.56 Å². The van der Waals surface area contributed by atoms with Gasteiger partial charge in [-0.1, -0.05) is 12.1 Å². The molecule has 24 heavy (non-hydrogen) atoms. The Morgan fingerprint density at radius 2 is 2.08 bits per heavy atom. The summed E-state index contributed by atoms with van der Waals surface area (Å²) in [4.78, 5) is 16.7. The van der Waals surface area contributed by atoms with Crippen LogP contribution in [-0.2, 0) is 18.4 Å². The summed E-state index contributed by atoms with van der Waals surface area (Å²) in [5.41, 5.74) is 2.05. The van der Waals surface area contributed by atoms with Gasteiger partial charge in [-0.2, -0.15) is 5.10 Å². The molecule has 1 aromatic carbocycles. The minimum Gasteiger partial charge on any atom is -0.494 e. The molecule has 1 aromatic heterocycles. The van der Waals surface area contributed by atoms with Crippen LogP contribution in [0.15, 0.2) is 36.7 Å². The van der Waals surface area contributed by atoms with Crippen LogP contribution in [0, 0.1) is 0 Å². The molecule has 1 fully saturated rings. The molecule has 0 N–H and O–H groups in total. The van der Waals surface area contributed by atoms with E-state index in [1.807, 2.05) is 44.2 Å². The summed E-state index contributed by atoms with van der Waals surface area (Å²) < 4.78 is 7.19. The van der Waals surface area contributed by atoms with Gasteiger partial charge < -0.3 is 9.64 Å². The number of carbonyl (C=O) groups excluding carboxylic acids is 1. The van der Waals surface area contributed by atoms with Crippen molar-refractivity contribution in [1.82, 2.24) is 14.7 Å². The molecule has 0 bridgehead atoms. The van der Waals surface area contributed by atoms with Gasteiger partial charge in [0.15, 0.2) is 0 Å². The number of anilines is 1. The van der Waals surface area contributed by atoms with E-state index in [0.29, 0.717) is 6.61 Å². The van der Waals surface area contributed by atoms with Crippen LogP contribution >= 0.6 is 0 Å². The number of rotatable bonds is 6. The first-order valence-electron chi connectivity index (χ1n) is 8.30. The molecule has 0 saturated carbocycles. The summed E-state index contributed by atoms with van der Waals surface area (Å²) in [6.07, 6.45) is 4.46. The maximum absolute atomic E-state index is 12.7. The van der Waals surface area contributed by atoms with Crippen molar-refractivity contribution in [1.29, 1.82) is 0 Å². The Labute approximate surface area is 142 Å². The Morgan fingerprint density at radius 3 is 2.71 bits per heavy atom. The molecule has 1 unspecified atom stereocenters. The van der Waals surface area contributed by atoms with Crippen LogP contribution in [0.5, 0.6) is 5.75 Å². The first-order chi connectivity index (χ1) is 11.6. The minimum absolute atomic E-state index is 0.0863. The van der Waals surface area contributed by atoms with Gasteiger partial charge >= 0.3 is 0 Å². The average molecular weight is 328 g/mol. The van der Waals surface area contributed by atoms with Crippen LogP contribution in [0.2, 0.25) is 0 Å². The quantitative estimate of drug-likeness (QED) is 0.814. The van der Waals surface area contributed by atoms with E-state index in [9.17, 15) is 4.79 Å². The van der Waals surface area contributed by atoms with Crippen LogP contribution < -0.4 is 9.64 Å². The van der Waals surface area contributed by atoms with Crippen LogP contribution in [-0.4, -0.2) is 46.8 Å². The normalized spacial score (nSPS) is 17.8. The molecule has 1 aliphatic rings. The smallest absolute Gasteiger partial charge is 0.244 e. The van der Waals surface area contributed by atoms with Gasteiger partial charge in [0.2, 0.25) is 5.91 Å². The van der Waals surface area contributed by atoms with Crippen molar-refractivity contribution < 1.29 is 9.53 Å². The van der Waals surface area contributed by atoms with Gasteiger partial charge in [0, 0.05) is 26.3 Å². The third kappa shape index (κ3) is 3.43. The number of amides is 1. The zero-order valence-electron chi connectivity index (χ0n) is 14.5. The topological polar surface area (TPSA) is 50.6 Å². The number of hydrogen-bond donors (Lipinski definition) is 0. The highest BCUT2D eigenvalue weighted by atomic mass is 16.5. The molecule has 6 heteroatoms. The van der Waals surface area contributed by atoms with Gasteiger partial charge in [-0.05, 0) is 38.1 Å². The van der Waals surface area contributed by atoms with Gasteiger partial charge in [-0.15, -0.1) is 0 Å². The van der Waals surface area contributed by atoms with Crippen molar-refractivity contribution in [2.24, 2.45) is 7.05 Å². The summed E-state index contributed by atoms with van der Waals surface area (Å²) >= 11 is 0. The Kier molecular flexibility index (Phi) is 4.85. The van der Waals surface area contributed by atoms with Gasteiger partial charge in [0.1, 0.15) is 5.75 Å². The average Bonchev–Trinajstić information content (AvgIpc) is 3.15. The lowest BCUT2D eigenvalue weighted by molar-refractivity contribution is -0.121. The molecular formula is C18H24N4O2. The fourth-order valence-electron chi connectivity index (χ4n) is 3.13. The number of aromatic nitrogens is 2. The van der Waals surface area contributed by atoms with Crippen LogP contribution in [0.25, 0.3) is 0 Å². The number of nitrogens with zero attached hydrogens (tertiary/aromatic N) is 4. The Bertz CT molecular complexity index is 695. The number of benzene rings is 1. The predicted molar refractivity (Wildman–Crippen MR) is 93.0 cm³/mol. The summed E-state index contributed by atoms with van der Waals surface area (Å²) in [6.45, 7) is 4.12. The summed E-state index contributed by atoms with van der Waals surface area (Å²) in [5.74, 6) is 1.03. The maximum Gasteiger partial charge on any atom is 0.244 e. The first-order valence-corrected chi connectivity index (χ1v) is 8.30. The standard InChI is InChI=1S/C18H24N4O2/c1-4-24-16-7-5-14(6-8-16)12-20(2)17-9-10-22(18(17)23)15-11-19-21(3)13-15/h5-8,11,13,17H,4,9-10,12H2,1-3H3. The van der Waals surface area contributed by atoms with Gasteiger partial charge in [0.25, 0.3) is 0 Å². The molecule has 2 heterocycles. The maximum atomic E-state index is 12.7. The number of likely N-dealkylation sites (N-methyl/N-ethyl adjacent to an activating group) is 1. The number of ether oxygens (including phenoxy) is 1. The molecular weight excluding hydrogens is 304 g/mol. The van der Waals surface area contributed by atoms with E-state index >= 15 is 0 Å². The molecule has 1 amide bonds. The second-order valence-electron chi connectivity index (χ2n) is 6.16. The van der Waals surface area contributed by atoms with E-state index in [-0.39, 0.29) is 11.9 Å². The minimum atomic E-state index is -0.0863. The van der Waals surface area contributed by atoms with Crippen molar-refractivity contribution in [3.8, 4) is 5.75 Å². The molecule has 128 valence electrons. The third-order valence-corrected chi connectivity index (χ3v) is 4.38. The van der Waals surface area contributed by atoms with E-state index in [2.05, 4.69) is 22.1 Å². The lowest BCUT2D eigenvalue weighted by Gasteiger charge is -2.23. The highest BCUT2D eigenvalue weighted by Gasteiger charge is 2.35. The Balaban J connectivity index is 1.63. The molecule has 3 rings (SSSR count). The van der Waals surface area contributed by atoms with Crippen molar-refractivity contribution in [2.75, 3.05) is 25.1 Å². The van der Waals surface area contributed by atoms with Crippen molar-refractivity contribution in [3.05, 3.63) is 42.2 Å². The fourth-order valence-corrected chi connectivity index (χ4v) is 3.13. The van der Waals surface area contributed by atoms with E-state index < -0.39 is 0 Å². The SMILES string of the molecule is CCOc1ccc(CN(C)C2CCN(c3cnn(C)c3)C2=O)cc1. The van der Waals surface area contributed by atoms with Crippen molar-refractivity contribution in [3.63, 3.8) is 0 Å². The van der Waals surface area contributed by atoms with E-state index in [1.54, 1.807) is 10.9 Å². The Hall–Kier alpha value is -2.34. The largest absolute Gasteiger partial charge is 0.494 e. The van der Waals surface area contributed by atoms with Crippen LogP contribution in [0.4, 0.5) is 5.69 Å². The van der Waals surface area contributed by atoms with Gasteiger partial charge in [-0.3, -0.25) is 14.4 Å². The Morgan fingerprint density at radius 1 is 1.33 bits per heavy atom. The molecule has 2 aromatic rings. The predicted octanol–water partition coefficient (Wildman–Crippen LogP) is 2.06. The number of aryl methyl sites for hydroxylation is 1. The molecule has 0 aliphatic carbocycles. The molecule has 0 spiro atoms. The molecule has 1 atom stereocenters. The van der Waals surface area contributed by atoms with Gasteiger partial charge in [-0.25, -0.2) is 0 Å². The van der Waals surface area contributed by atoms with Crippen LogP contribution in [0.1, 0.15) is 18.9 Å². The molecule has 1 aliphatic heterocycles. The van der Waals surface area contributed by atoms with Crippen LogP contribution in [0.3, 0.4) is 0 Å². The molecule has 6 nitrogen and oxygen atoms in total. The van der Waals surface area contributed by atoms with Gasteiger partial charge in [0.05, 0.1) is 24.5 Å². The van der Waals surface area contributed by atoms with Crippen molar-refractivity contribution in [2.45, 2.75) is 25.9 Å². The summed E-state index contributed by atoms with van der Waals surface area (Å²) in [5, 5.41) is 4.15. The number of hydrogen-bond acceptors (Lipinski definition) is 4. The second-order valence-corrected chi connectivity index (χ2v) is 6.16. The fraction of sp³-hybridized carbons (Fsp3) is 0.444. The zero-order valence-corrected chi connectivity index (χ0v) is 14.5. The lowest BCUT2D eigenvalue weighted by atomic mass is 10.1. The summed E-state index contributed by atoms with van der Waals surface area (Å²) in [6, 6.07) is 7.98.